The third-order valence-corrected chi connectivity index (χ3v) is 4.29. The van der Waals surface area contributed by atoms with E-state index in [9.17, 15) is 4.79 Å². The van der Waals surface area contributed by atoms with Gasteiger partial charge in [0.15, 0.2) is 0 Å². The second-order valence-electron chi connectivity index (χ2n) is 5.62. The zero-order valence-electron chi connectivity index (χ0n) is 13.0. The Labute approximate surface area is 140 Å². The number of aromatic amines is 1. The molecule has 2 N–H and O–H groups in total. The highest BCUT2D eigenvalue weighted by Crippen LogP contribution is 2.21. The summed E-state index contributed by atoms with van der Waals surface area (Å²) in [4.78, 5) is 15.6. The second-order valence-corrected chi connectivity index (χ2v) is 6.05. The van der Waals surface area contributed by atoms with Gasteiger partial charge in [-0.15, -0.1) is 0 Å². The van der Waals surface area contributed by atoms with Crippen LogP contribution < -0.4 is 5.32 Å². The molecule has 4 heteroatoms. The fourth-order valence-corrected chi connectivity index (χ4v) is 2.94. The van der Waals surface area contributed by atoms with Crippen LogP contribution in [0.25, 0.3) is 10.9 Å². The van der Waals surface area contributed by atoms with Gasteiger partial charge in [0.05, 0.1) is 12.5 Å². The molecule has 0 saturated heterocycles. The molecule has 0 spiro atoms. The molecule has 1 unspecified atom stereocenters. The maximum absolute atomic E-state index is 12.4. The summed E-state index contributed by atoms with van der Waals surface area (Å²) in [6.45, 7) is 2.06. The van der Waals surface area contributed by atoms with Gasteiger partial charge in [-0.3, -0.25) is 4.79 Å². The zero-order chi connectivity index (χ0) is 16.2. The largest absolute Gasteiger partial charge is 0.361 e. The third kappa shape index (κ3) is 3.57. The summed E-state index contributed by atoms with van der Waals surface area (Å²) in [6, 6.07) is 15.6. The predicted molar refractivity (Wildman–Crippen MR) is 94.6 cm³/mol. The highest BCUT2D eigenvalue weighted by atomic mass is 35.5. The summed E-state index contributed by atoms with van der Waals surface area (Å²) in [5, 5.41) is 4.91. The molecule has 1 amide bonds. The van der Waals surface area contributed by atoms with Crippen LogP contribution in [0, 0.1) is 0 Å². The number of rotatable bonds is 5. The van der Waals surface area contributed by atoms with Gasteiger partial charge in [0.1, 0.15) is 0 Å². The van der Waals surface area contributed by atoms with Gasteiger partial charge in [0.25, 0.3) is 0 Å². The fourth-order valence-electron chi connectivity index (χ4n) is 2.81. The monoisotopic (exact) mass is 326 g/mol. The number of para-hydroxylation sites is 1. The van der Waals surface area contributed by atoms with E-state index in [-0.39, 0.29) is 11.9 Å². The number of benzene rings is 2. The van der Waals surface area contributed by atoms with Crippen molar-refractivity contribution in [3.8, 4) is 0 Å². The Bertz CT molecular complexity index is 808. The van der Waals surface area contributed by atoms with Crippen LogP contribution in [0.3, 0.4) is 0 Å². The molecular formula is C19H19ClN2O. The first kappa shape index (κ1) is 15.6. The van der Waals surface area contributed by atoms with Crippen LogP contribution >= 0.6 is 11.6 Å². The summed E-state index contributed by atoms with van der Waals surface area (Å²) < 4.78 is 0. The number of carbonyl (C=O) groups excluding carboxylic acids is 1. The van der Waals surface area contributed by atoms with E-state index in [2.05, 4.69) is 17.2 Å². The molecule has 1 atom stereocenters. The van der Waals surface area contributed by atoms with Gasteiger partial charge in [-0.25, -0.2) is 0 Å². The van der Waals surface area contributed by atoms with E-state index in [1.54, 1.807) is 0 Å². The van der Waals surface area contributed by atoms with Crippen molar-refractivity contribution in [2.24, 2.45) is 0 Å². The van der Waals surface area contributed by atoms with Crippen molar-refractivity contribution in [3.63, 3.8) is 0 Å². The summed E-state index contributed by atoms with van der Waals surface area (Å²) in [6.07, 6.45) is 3.11. The highest BCUT2D eigenvalue weighted by molar-refractivity contribution is 6.30. The Kier molecular flexibility index (Phi) is 4.68. The van der Waals surface area contributed by atoms with E-state index < -0.39 is 0 Å². The van der Waals surface area contributed by atoms with E-state index in [1.807, 2.05) is 54.7 Å². The summed E-state index contributed by atoms with van der Waals surface area (Å²) >= 11 is 5.92. The van der Waals surface area contributed by atoms with Gasteiger partial charge in [-0.1, -0.05) is 48.9 Å². The van der Waals surface area contributed by atoms with E-state index in [0.717, 1.165) is 28.5 Å². The molecule has 0 saturated carbocycles. The van der Waals surface area contributed by atoms with Gasteiger partial charge in [-0.2, -0.15) is 0 Å². The van der Waals surface area contributed by atoms with Gasteiger partial charge >= 0.3 is 0 Å². The number of hydrogen-bond donors (Lipinski definition) is 2. The van der Waals surface area contributed by atoms with Crippen molar-refractivity contribution in [2.75, 3.05) is 0 Å². The quantitative estimate of drug-likeness (QED) is 0.705. The smallest absolute Gasteiger partial charge is 0.224 e. The topological polar surface area (TPSA) is 44.9 Å². The standard InChI is InChI=1S/C19H19ClN2O/c1-2-17(13-7-9-15(20)10-8-13)22-19(23)11-14-12-21-18-6-4-3-5-16(14)18/h3-10,12,17,21H,2,11H2,1H3,(H,22,23). The van der Waals surface area contributed by atoms with Crippen molar-refractivity contribution in [1.82, 2.24) is 10.3 Å². The maximum atomic E-state index is 12.4. The fraction of sp³-hybridized carbons (Fsp3) is 0.211. The van der Waals surface area contributed by atoms with Gasteiger partial charge in [0, 0.05) is 22.1 Å². The van der Waals surface area contributed by atoms with Crippen LogP contribution in [-0.4, -0.2) is 10.9 Å². The first-order valence-electron chi connectivity index (χ1n) is 7.77. The van der Waals surface area contributed by atoms with Gasteiger partial charge in [0.2, 0.25) is 5.91 Å². The third-order valence-electron chi connectivity index (χ3n) is 4.04. The Hall–Kier alpha value is -2.26. The average molecular weight is 327 g/mol. The van der Waals surface area contributed by atoms with Crippen LogP contribution in [0.5, 0.6) is 0 Å². The first-order valence-corrected chi connectivity index (χ1v) is 8.15. The molecule has 0 aliphatic heterocycles. The molecule has 1 heterocycles. The number of H-pyrrole nitrogens is 1. The number of fused-ring (bicyclic) bond motifs is 1. The lowest BCUT2D eigenvalue weighted by atomic mass is 10.0. The van der Waals surface area contributed by atoms with Gasteiger partial charge in [-0.05, 0) is 35.7 Å². The van der Waals surface area contributed by atoms with Crippen molar-refractivity contribution in [3.05, 3.63) is 70.9 Å². The van der Waals surface area contributed by atoms with Crippen molar-refractivity contribution < 1.29 is 4.79 Å². The lowest BCUT2D eigenvalue weighted by molar-refractivity contribution is -0.121. The van der Waals surface area contributed by atoms with Crippen molar-refractivity contribution >= 4 is 28.4 Å². The summed E-state index contributed by atoms with van der Waals surface area (Å²) in [7, 11) is 0. The lowest BCUT2D eigenvalue weighted by Crippen LogP contribution is -2.29. The van der Waals surface area contributed by atoms with Crippen LogP contribution in [0.4, 0.5) is 0 Å². The maximum Gasteiger partial charge on any atom is 0.224 e. The van der Waals surface area contributed by atoms with Crippen LogP contribution in [0.2, 0.25) is 5.02 Å². The van der Waals surface area contributed by atoms with Crippen LogP contribution in [0.15, 0.2) is 54.7 Å². The molecule has 23 heavy (non-hydrogen) atoms. The molecule has 0 fully saturated rings. The molecule has 0 aliphatic carbocycles. The molecule has 1 aromatic heterocycles. The Morgan fingerprint density at radius 1 is 1.17 bits per heavy atom. The van der Waals surface area contributed by atoms with Crippen LogP contribution in [0.1, 0.15) is 30.5 Å². The SMILES string of the molecule is CCC(NC(=O)Cc1c[nH]c2ccccc12)c1ccc(Cl)cc1. The number of nitrogens with one attached hydrogen (secondary N) is 2. The average Bonchev–Trinajstić information content (AvgIpc) is 2.97. The van der Waals surface area contributed by atoms with E-state index in [1.165, 1.54) is 0 Å². The molecule has 0 bridgehead atoms. The van der Waals surface area contributed by atoms with E-state index in [4.69, 9.17) is 11.6 Å². The second kappa shape index (κ2) is 6.88. The molecule has 3 nitrogen and oxygen atoms in total. The molecule has 0 aliphatic rings. The molecule has 0 radical (unpaired) electrons. The molecule has 118 valence electrons. The summed E-state index contributed by atoms with van der Waals surface area (Å²) in [5.41, 5.74) is 3.15. The molecular weight excluding hydrogens is 308 g/mol. The number of halogens is 1. The lowest BCUT2D eigenvalue weighted by Gasteiger charge is -2.17. The van der Waals surface area contributed by atoms with E-state index >= 15 is 0 Å². The van der Waals surface area contributed by atoms with Crippen molar-refractivity contribution in [1.29, 1.82) is 0 Å². The first-order chi connectivity index (χ1) is 11.2. The molecule has 2 aromatic carbocycles. The Balaban J connectivity index is 1.71. The minimum absolute atomic E-state index is 0.00460. The molecule has 3 rings (SSSR count). The number of aromatic nitrogens is 1. The normalized spacial score (nSPS) is 12.3. The molecule has 3 aromatic rings. The minimum Gasteiger partial charge on any atom is -0.361 e. The van der Waals surface area contributed by atoms with E-state index in [0.29, 0.717) is 11.4 Å². The Morgan fingerprint density at radius 2 is 1.91 bits per heavy atom. The van der Waals surface area contributed by atoms with Crippen LogP contribution in [-0.2, 0) is 11.2 Å². The predicted octanol–water partition coefficient (Wildman–Crippen LogP) is 4.63. The number of amides is 1. The van der Waals surface area contributed by atoms with Crippen molar-refractivity contribution in [2.45, 2.75) is 25.8 Å². The minimum atomic E-state index is 0.00460. The number of carbonyl (C=O) groups is 1. The number of hydrogen-bond acceptors (Lipinski definition) is 1. The Morgan fingerprint density at radius 3 is 2.65 bits per heavy atom. The van der Waals surface area contributed by atoms with Gasteiger partial charge < -0.3 is 10.3 Å². The zero-order valence-corrected chi connectivity index (χ0v) is 13.7. The summed E-state index contributed by atoms with van der Waals surface area (Å²) in [5.74, 6) is 0.0246. The highest BCUT2D eigenvalue weighted by Gasteiger charge is 2.14.